The molecule has 2 aromatic rings. The molecule has 1 aromatic carbocycles. The molecule has 0 bridgehead atoms. The predicted molar refractivity (Wildman–Crippen MR) is 91.4 cm³/mol. The Labute approximate surface area is 136 Å². The Balaban J connectivity index is 2.34. The Morgan fingerprint density at radius 3 is 2.27 bits per heavy atom. The number of amides is 1. The third-order valence-corrected chi connectivity index (χ3v) is 3.84. The molecule has 0 fully saturated rings. The smallest absolute Gasteiger partial charge is 0.254 e. The molecule has 116 valence electrons. The maximum Gasteiger partial charge on any atom is 0.254 e. The fourth-order valence-electron chi connectivity index (χ4n) is 2.10. The van der Waals surface area contributed by atoms with Crippen molar-refractivity contribution in [1.29, 1.82) is 0 Å². The summed E-state index contributed by atoms with van der Waals surface area (Å²) in [5, 5.41) is 0.442. The molecule has 0 N–H and O–H groups in total. The van der Waals surface area contributed by atoms with Crippen LogP contribution in [0.15, 0.2) is 36.5 Å². The van der Waals surface area contributed by atoms with Gasteiger partial charge in [0.15, 0.2) is 0 Å². The summed E-state index contributed by atoms with van der Waals surface area (Å²) in [6.07, 6.45) is 1.89. The maximum atomic E-state index is 12.0. The van der Waals surface area contributed by atoms with Gasteiger partial charge in [-0.25, -0.2) is 0 Å². The van der Waals surface area contributed by atoms with E-state index < -0.39 is 0 Å². The van der Waals surface area contributed by atoms with E-state index in [1.54, 1.807) is 26.2 Å². The average Bonchev–Trinajstić information content (AvgIpc) is 2.45. The predicted octanol–water partition coefficient (Wildman–Crippen LogP) is 4.40. The Kier molecular flexibility index (Phi) is 4.57. The lowest BCUT2D eigenvalue weighted by Gasteiger charge is -2.18. The van der Waals surface area contributed by atoms with Crippen molar-refractivity contribution in [2.45, 2.75) is 26.2 Å². The second-order valence-corrected chi connectivity index (χ2v) is 6.98. The molecule has 0 aliphatic heterocycles. The van der Waals surface area contributed by atoms with E-state index in [1.807, 2.05) is 18.3 Å². The van der Waals surface area contributed by atoms with E-state index in [9.17, 15) is 4.79 Å². The van der Waals surface area contributed by atoms with Crippen LogP contribution >= 0.6 is 11.6 Å². The number of halogens is 1. The van der Waals surface area contributed by atoms with Crippen molar-refractivity contribution in [3.05, 3.63) is 52.7 Å². The summed E-state index contributed by atoms with van der Waals surface area (Å²) >= 11 is 6.25. The molecule has 0 atom stereocenters. The SMILES string of the molecule is CN(C)C(=O)c1ccc(-c2ccc(C(C)(C)C)cn2)cc1Cl. The lowest BCUT2D eigenvalue weighted by molar-refractivity contribution is 0.0828. The van der Waals surface area contributed by atoms with Gasteiger partial charge in [-0.1, -0.05) is 44.5 Å². The molecule has 0 aliphatic rings. The minimum Gasteiger partial charge on any atom is -0.345 e. The highest BCUT2D eigenvalue weighted by atomic mass is 35.5. The summed E-state index contributed by atoms with van der Waals surface area (Å²) in [4.78, 5) is 18.0. The van der Waals surface area contributed by atoms with Gasteiger partial charge >= 0.3 is 0 Å². The van der Waals surface area contributed by atoms with Crippen molar-refractivity contribution in [3.63, 3.8) is 0 Å². The van der Waals surface area contributed by atoms with E-state index in [4.69, 9.17) is 11.6 Å². The molecular weight excluding hydrogens is 296 g/mol. The molecular formula is C18H21ClN2O. The monoisotopic (exact) mass is 316 g/mol. The zero-order chi connectivity index (χ0) is 16.5. The summed E-state index contributed by atoms with van der Waals surface area (Å²) < 4.78 is 0. The lowest BCUT2D eigenvalue weighted by atomic mass is 9.88. The summed E-state index contributed by atoms with van der Waals surface area (Å²) in [6, 6.07) is 9.48. The molecule has 0 unspecified atom stereocenters. The summed E-state index contributed by atoms with van der Waals surface area (Å²) in [5.74, 6) is -0.104. The molecule has 2 rings (SSSR count). The van der Waals surface area contributed by atoms with Crippen molar-refractivity contribution < 1.29 is 4.79 Å². The van der Waals surface area contributed by atoms with Crippen molar-refractivity contribution in [2.75, 3.05) is 14.1 Å². The number of pyridine rings is 1. The normalized spacial score (nSPS) is 11.4. The van der Waals surface area contributed by atoms with E-state index in [1.165, 1.54) is 10.5 Å². The van der Waals surface area contributed by atoms with E-state index in [0.29, 0.717) is 10.6 Å². The standard InChI is InChI=1S/C18H21ClN2O/c1-18(2,3)13-7-9-16(20-11-13)12-6-8-14(15(19)10-12)17(22)21(4)5/h6-11H,1-5H3. The van der Waals surface area contributed by atoms with Gasteiger partial charge in [0.05, 0.1) is 16.3 Å². The lowest BCUT2D eigenvalue weighted by Crippen LogP contribution is -2.21. The minimum absolute atomic E-state index is 0.0746. The molecule has 3 nitrogen and oxygen atoms in total. The van der Waals surface area contributed by atoms with Crippen LogP contribution in [0.2, 0.25) is 5.02 Å². The first-order valence-electron chi connectivity index (χ1n) is 7.18. The molecule has 1 aromatic heterocycles. The molecule has 0 saturated heterocycles. The van der Waals surface area contributed by atoms with E-state index in [2.05, 4.69) is 31.8 Å². The van der Waals surface area contributed by atoms with Gasteiger partial charge in [-0.05, 0) is 29.2 Å². The van der Waals surface area contributed by atoms with Crippen LogP contribution in [0.5, 0.6) is 0 Å². The van der Waals surface area contributed by atoms with E-state index in [-0.39, 0.29) is 11.3 Å². The number of benzene rings is 1. The zero-order valence-corrected chi connectivity index (χ0v) is 14.4. The molecule has 0 radical (unpaired) electrons. The number of nitrogens with zero attached hydrogens (tertiary/aromatic N) is 2. The van der Waals surface area contributed by atoms with Crippen LogP contribution in [0, 0.1) is 0 Å². The first-order chi connectivity index (χ1) is 10.2. The molecule has 1 heterocycles. The highest BCUT2D eigenvalue weighted by Crippen LogP contribution is 2.27. The number of rotatable bonds is 2. The van der Waals surface area contributed by atoms with Crippen molar-refractivity contribution in [3.8, 4) is 11.3 Å². The molecule has 4 heteroatoms. The van der Waals surface area contributed by atoms with Crippen LogP contribution in [-0.2, 0) is 5.41 Å². The van der Waals surface area contributed by atoms with Gasteiger partial charge in [-0.3, -0.25) is 9.78 Å². The van der Waals surface area contributed by atoms with Crippen LogP contribution < -0.4 is 0 Å². The highest BCUT2D eigenvalue weighted by molar-refractivity contribution is 6.34. The highest BCUT2D eigenvalue weighted by Gasteiger charge is 2.15. The molecule has 0 saturated carbocycles. The average molecular weight is 317 g/mol. The second-order valence-electron chi connectivity index (χ2n) is 6.58. The first-order valence-corrected chi connectivity index (χ1v) is 7.56. The quantitative estimate of drug-likeness (QED) is 0.822. The van der Waals surface area contributed by atoms with Gasteiger partial charge < -0.3 is 4.90 Å². The summed E-state index contributed by atoms with van der Waals surface area (Å²) in [5.41, 5.74) is 3.51. The number of aromatic nitrogens is 1. The Hall–Kier alpha value is -1.87. The number of carbonyl (C=O) groups excluding carboxylic acids is 1. The molecule has 0 spiro atoms. The van der Waals surface area contributed by atoms with E-state index >= 15 is 0 Å². The zero-order valence-electron chi connectivity index (χ0n) is 13.6. The van der Waals surface area contributed by atoms with Crippen molar-refractivity contribution in [2.24, 2.45) is 0 Å². The topological polar surface area (TPSA) is 33.2 Å². The fraction of sp³-hybridized carbons (Fsp3) is 0.333. The van der Waals surface area contributed by atoms with Gasteiger partial charge in [0.25, 0.3) is 5.91 Å². The maximum absolute atomic E-state index is 12.0. The first kappa shape index (κ1) is 16.5. The summed E-state index contributed by atoms with van der Waals surface area (Å²) in [7, 11) is 3.42. The van der Waals surface area contributed by atoms with Crippen molar-refractivity contribution in [1.82, 2.24) is 9.88 Å². The molecule has 22 heavy (non-hydrogen) atoms. The number of carbonyl (C=O) groups is 1. The Morgan fingerprint density at radius 2 is 1.82 bits per heavy atom. The Bertz CT molecular complexity index is 685. The number of hydrogen-bond acceptors (Lipinski definition) is 2. The van der Waals surface area contributed by atoms with Crippen LogP contribution in [0.3, 0.4) is 0 Å². The fourth-order valence-corrected chi connectivity index (χ4v) is 2.36. The minimum atomic E-state index is -0.104. The Morgan fingerprint density at radius 1 is 1.14 bits per heavy atom. The van der Waals surface area contributed by atoms with Crippen LogP contribution in [0.1, 0.15) is 36.7 Å². The van der Waals surface area contributed by atoms with Gasteiger partial charge in [0, 0.05) is 25.9 Å². The largest absolute Gasteiger partial charge is 0.345 e. The van der Waals surface area contributed by atoms with Crippen molar-refractivity contribution >= 4 is 17.5 Å². The summed E-state index contributed by atoms with van der Waals surface area (Å²) in [6.45, 7) is 6.46. The molecule has 0 aliphatic carbocycles. The number of hydrogen-bond donors (Lipinski definition) is 0. The van der Waals surface area contributed by atoms with Gasteiger partial charge in [-0.2, -0.15) is 0 Å². The van der Waals surface area contributed by atoms with Crippen LogP contribution in [0.4, 0.5) is 0 Å². The van der Waals surface area contributed by atoms with Gasteiger partial charge in [0.2, 0.25) is 0 Å². The molecule has 1 amide bonds. The van der Waals surface area contributed by atoms with E-state index in [0.717, 1.165) is 11.3 Å². The van der Waals surface area contributed by atoms with Crippen LogP contribution in [-0.4, -0.2) is 29.9 Å². The third kappa shape index (κ3) is 3.47. The van der Waals surface area contributed by atoms with Gasteiger partial charge in [-0.15, -0.1) is 0 Å². The second kappa shape index (κ2) is 6.09. The van der Waals surface area contributed by atoms with Gasteiger partial charge in [0.1, 0.15) is 0 Å². The van der Waals surface area contributed by atoms with Crippen LogP contribution in [0.25, 0.3) is 11.3 Å². The third-order valence-electron chi connectivity index (χ3n) is 3.53.